The number of aliphatic hydroxyl groups excluding tert-OH is 2. The van der Waals surface area contributed by atoms with Gasteiger partial charge in [-0.1, -0.05) is 82.6 Å². The van der Waals surface area contributed by atoms with E-state index in [1.54, 1.807) is 32.1 Å². The average molecular weight is 612 g/mol. The number of nitrogens with zero attached hydrogens (tertiary/aromatic N) is 1. The quantitative estimate of drug-likeness (QED) is 0.264. The van der Waals surface area contributed by atoms with Crippen molar-refractivity contribution < 1.29 is 29.3 Å². The molecule has 1 aromatic heterocycles. The van der Waals surface area contributed by atoms with Gasteiger partial charge in [0.05, 0.1) is 46.5 Å². The van der Waals surface area contributed by atoms with Crippen LogP contribution in [0.2, 0.25) is 0 Å². The van der Waals surface area contributed by atoms with Crippen molar-refractivity contribution in [1.82, 2.24) is 4.98 Å². The Kier molecular flexibility index (Phi) is 18.2. The summed E-state index contributed by atoms with van der Waals surface area (Å²) in [5.74, 6) is -1.54. The Morgan fingerprint density at radius 1 is 1.12 bits per heavy atom. The topological polar surface area (TPSA) is 109 Å². The number of Topliss-reactive ketones (excluding diaryl/α,β-unsaturated/α-hetero) is 1. The number of ether oxygens (including phenoxy) is 2. The molecule has 0 aromatic carbocycles. The molecule has 0 aliphatic carbocycles. The van der Waals surface area contributed by atoms with E-state index >= 15 is 0 Å². The molecule has 2 fully saturated rings. The minimum absolute atomic E-state index is 0.0316. The number of epoxide rings is 1. The Labute approximate surface area is 260 Å². The summed E-state index contributed by atoms with van der Waals surface area (Å²) in [7, 11) is 0. The van der Waals surface area contributed by atoms with Crippen molar-refractivity contribution >= 4 is 29.2 Å². The molecule has 7 nitrogen and oxygen atoms in total. The maximum atomic E-state index is 13.3. The van der Waals surface area contributed by atoms with E-state index in [9.17, 15) is 19.8 Å². The van der Waals surface area contributed by atoms with Gasteiger partial charge in [0.1, 0.15) is 11.9 Å². The fourth-order valence-electron chi connectivity index (χ4n) is 5.43. The van der Waals surface area contributed by atoms with Crippen LogP contribution in [0.3, 0.4) is 0 Å². The number of carbonyl (C=O) groups excluding carboxylic acids is 2. The van der Waals surface area contributed by atoms with Crippen LogP contribution in [0, 0.1) is 24.2 Å². The van der Waals surface area contributed by atoms with Gasteiger partial charge in [0.25, 0.3) is 0 Å². The Balaban J connectivity index is 0.00000263. The molecule has 0 bridgehead atoms. The SMILES string of the molecule is CC.CC.CC.CC[C@@]12CCCC(C)[C@H](O)C(C)C(=O)C(C)(C)C(O)CC(=O)O[C@H](/C(C)=C/c3csc(C)n3)C[C@@H]1O2. The summed E-state index contributed by atoms with van der Waals surface area (Å²) >= 11 is 1.56. The average Bonchev–Trinajstić information content (AvgIpc) is 3.52. The number of hydrogen-bond donors (Lipinski definition) is 2. The van der Waals surface area contributed by atoms with Crippen LogP contribution in [0.15, 0.2) is 11.0 Å². The maximum absolute atomic E-state index is 13.3. The highest BCUT2D eigenvalue weighted by atomic mass is 32.1. The van der Waals surface area contributed by atoms with Crippen LogP contribution in [0.25, 0.3) is 6.08 Å². The van der Waals surface area contributed by atoms with E-state index in [4.69, 9.17) is 9.47 Å². The normalized spacial score (nSPS) is 31.9. The zero-order valence-corrected chi connectivity index (χ0v) is 29.6. The minimum Gasteiger partial charge on any atom is -0.458 e. The van der Waals surface area contributed by atoms with Gasteiger partial charge in [-0.2, -0.15) is 0 Å². The number of ketones is 1. The number of cyclic esters (lactones) is 1. The van der Waals surface area contributed by atoms with Gasteiger partial charge in [-0.25, -0.2) is 4.98 Å². The summed E-state index contributed by atoms with van der Waals surface area (Å²) < 4.78 is 12.1. The van der Waals surface area contributed by atoms with Crippen molar-refractivity contribution in [2.45, 2.75) is 159 Å². The molecular formula is C34H61NO6S. The van der Waals surface area contributed by atoms with Gasteiger partial charge in [0.15, 0.2) is 0 Å². The summed E-state index contributed by atoms with van der Waals surface area (Å²) in [6, 6.07) is 0. The molecule has 1 aromatic rings. The first kappa shape index (κ1) is 40.4. The Hall–Kier alpha value is -1.61. The number of aromatic nitrogens is 1. The first-order chi connectivity index (χ1) is 19.8. The number of fused-ring (bicyclic) bond motifs is 1. The van der Waals surface area contributed by atoms with Crippen LogP contribution in [-0.4, -0.2) is 57.0 Å². The molecule has 0 radical (unpaired) electrons. The lowest BCUT2D eigenvalue weighted by Crippen LogP contribution is -2.45. The van der Waals surface area contributed by atoms with E-state index in [0.29, 0.717) is 6.42 Å². The lowest BCUT2D eigenvalue weighted by molar-refractivity contribution is -0.154. The van der Waals surface area contributed by atoms with Gasteiger partial charge in [0.2, 0.25) is 0 Å². The molecular weight excluding hydrogens is 550 g/mol. The van der Waals surface area contributed by atoms with Crippen molar-refractivity contribution in [3.63, 3.8) is 0 Å². The van der Waals surface area contributed by atoms with Gasteiger partial charge >= 0.3 is 5.97 Å². The smallest absolute Gasteiger partial charge is 0.309 e. The minimum atomic E-state index is -1.23. The number of aryl methyl sites for hydroxylation is 1. The number of thiazole rings is 1. The third-order valence-corrected chi connectivity index (χ3v) is 9.12. The molecule has 244 valence electrons. The monoisotopic (exact) mass is 611 g/mol. The Morgan fingerprint density at radius 3 is 2.24 bits per heavy atom. The molecule has 0 spiro atoms. The third-order valence-electron chi connectivity index (χ3n) is 8.32. The molecule has 2 N–H and O–H groups in total. The Morgan fingerprint density at radius 2 is 1.71 bits per heavy atom. The summed E-state index contributed by atoms with van der Waals surface area (Å²) in [6.07, 6.45) is 2.92. The van der Waals surface area contributed by atoms with Crippen LogP contribution < -0.4 is 0 Å². The van der Waals surface area contributed by atoms with E-state index in [-0.39, 0.29) is 29.8 Å². The van der Waals surface area contributed by atoms with E-state index in [2.05, 4.69) is 11.9 Å². The molecule has 0 amide bonds. The lowest BCUT2D eigenvalue weighted by atomic mass is 9.73. The van der Waals surface area contributed by atoms with E-state index in [1.807, 2.05) is 73.8 Å². The number of carbonyl (C=O) groups is 2. The Bertz CT molecular complexity index is 973. The van der Waals surface area contributed by atoms with Gasteiger partial charge < -0.3 is 19.7 Å². The molecule has 0 saturated carbocycles. The summed E-state index contributed by atoms with van der Waals surface area (Å²) in [5, 5.41) is 24.7. The molecule has 3 unspecified atom stereocenters. The van der Waals surface area contributed by atoms with E-state index in [1.165, 1.54) is 0 Å². The summed E-state index contributed by atoms with van der Waals surface area (Å²) in [4.78, 5) is 30.8. The van der Waals surface area contributed by atoms with Crippen LogP contribution >= 0.6 is 11.3 Å². The van der Waals surface area contributed by atoms with Crippen molar-refractivity contribution in [3.8, 4) is 0 Å². The van der Waals surface area contributed by atoms with Gasteiger partial charge in [-0.3, -0.25) is 9.59 Å². The van der Waals surface area contributed by atoms with Crippen molar-refractivity contribution in [2.24, 2.45) is 17.3 Å². The first-order valence-corrected chi connectivity index (χ1v) is 17.1. The molecule has 3 rings (SSSR count). The summed E-state index contributed by atoms with van der Waals surface area (Å²) in [6.45, 7) is 24.9. The standard InChI is InChI=1S/C28H43NO6S.3C2H6/c1-8-28-11-9-10-16(2)25(32)18(4)26(33)27(6,7)22(30)14-24(31)34-21(13-23(28)35-28)17(3)12-20-15-36-19(5)29-20;3*1-2/h12,15-16,18,21-23,25,30,32H,8-11,13-14H2,1-7H3;3*1-2H3/b17-12+;;;/t16?,18?,21-,22?,23-,25-,28+;;;/m0.../s1. The van der Waals surface area contributed by atoms with Gasteiger partial charge in [-0.05, 0) is 50.7 Å². The van der Waals surface area contributed by atoms with Crippen molar-refractivity contribution in [1.29, 1.82) is 0 Å². The molecule has 42 heavy (non-hydrogen) atoms. The zero-order valence-electron chi connectivity index (χ0n) is 28.7. The fraction of sp³-hybridized carbons (Fsp3) is 0.794. The van der Waals surface area contributed by atoms with Crippen LogP contribution in [0.1, 0.15) is 132 Å². The highest BCUT2D eigenvalue weighted by molar-refractivity contribution is 7.09. The fourth-order valence-corrected chi connectivity index (χ4v) is 6.00. The number of rotatable bonds is 3. The van der Waals surface area contributed by atoms with Crippen molar-refractivity contribution in [3.05, 3.63) is 21.7 Å². The van der Waals surface area contributed by atoms with Crippen LogP contribution in [0.5, 0.6) is 0 Å². The van der Waals surface area contributed by atoms with E-state index in [0.717, 1.165) is 42.0 Å². The highest BCUT2D eigenvalue weighted by Crippen LogP contribution is 2.47. The number of aliphatic hydroxyl groups is 2. The maximum Gasteiger partial charge on any atom is 0.309 e. The van der Waals surface area contributed by atoms with Gasteiger partial charge in [0, 0.05) is 17.7 Å². The third kappa shape index (κ3) is 10.8. The largest absolute Gasteiger partial charge is 0.458 e. The van der Waals surface area contributed by atoms with Crippen LogP contribution in [0.4, 0.5) is 0 Å². The summed E-state index contributed by atoms with van der Waals surface area (Å²) in [5.41, 5.74) is 0.230. The second-order valence-corrected chi connectivity index (χ2v) is 12.4. The molecule has 8 heteroatoms. The van der Waals surface area contributed by atoms with E-state index < -0.39 is 35.6 Å². The predicted molar refractivity (Wildman–Crippen MR) is 175 cm³/mol. The molecule has 3 heterocycles. The number of esters is 1. The molecule has 7 atom stereocenters. The second-order valence-electron chi connectivity index (χ2n) is 11.4. The highest BCUT2D eigenvalue weighted by Gasteiger charge is 2.55. The predicted octanol–water partition coefficient (Wildman–Crippen LogP) is 7.95. The van der Waals surface area contributed by atoms with Crippen LogP contribution in [-0.2, 0) is 19.1 Å². The molecule has 2 saturated heterocycles. The molecule has 2 aliphatic rings. The second kappa shape index (κ2) is 18.9. The molecule has 2 aliphatic heterocycles. The lowest BCUT2D eigenvalue weighted by Gasteiger charge is -2.34. The van der Waals surface area contributed by atoms with Gasteiger partial charge in [-0.15, -0.1) is 11.3 Å². The van der Waals surface area contributed by atoms with Crippen molar-refractivity contribution in [2.75, 3.05) is 0 Å². The first-order valence-electron chi connectivity index (χ1n) is 16.2. The zero-order chi connectivity index (χ0) is 32.8. The number of hydrogen-bond acceptors (Lipinski definition) is 8.